The Bertz CT molecular complexity index is 204. The fraction of sp³-hybridized carbons (Fsp3) is 1.00. The van der Waals surface area contributed by atoms with Gasteiger partial charge in [-0.1, -0.05) is 13.8 Å². The second-order valence-electron chi connectivity index (χ2n) is 5.40. The van der Waals surface area contributed by atoms with Crippen LogP contribution in [0.15, 0.2) is 0 Å². The highest BCUT2D eigenvalue weighted by molar-refractivity contribution is 4.83. The van der Waals surface area contributed by atoms with E-state index in [4.69, 9.17) is 0 Å². The van der Waals surface area contributed by atoms with Crippen LogP contribution in [0.2, 0.25) is 0 Å². The quantitative estimate of drug-likeness (QED) is 0.747. The van der Waals surface area contributed by atoms with Crippen molar-refractivity contribution in [3.63, 3.8) is 0 Å². The van der Waals surface area contributed by atoms with Gasteiger partial charge in [0.1, 0.15) is 0 Å². The Labute approximate surface area is 100 Å². The smallest absolute Gasteiger partial charge is 0.0768 e. The molecule has 1 rings (SSSR count). The Morgan fingerprint density at radius 1 is 1.38 bits per heavy atom. The minimum atomic E-state index is -0.494. The van der Waals surface area contributed by atoms with E-state index in [0.717, 1.165) is 25.9 Å². The summed E-state index contributed by atoms with van der Waals surface area (Å²) >= 11 is 0. The molecule has 0 aromatic carbocycles. The maximum atomic E-state index is 10.3. The summed E-state index contributed by atoms with van der Waals surface area (Å²) in [7, 11) is 4.33. The Morgan fingerprint density at radius 2 is 2.00 bits per heavy atom. The van der Waals surface area contributed by atoms with Crippen molar-refractivity contribution in [1.29, 1.82) is 0 Å². The zero-order valence-electron chi connectivity index (χ0n) is 11.4. The monoisotopic (exact) mass is 228 g/mol. The van der Waals surface area contributed by atoms with Crippen LogP contribution in [0.1, 0.15) is 39.5 Å². The lowest BCUT2D eigenvalue weighted by Crippen LogP contribution is -2.45. The number of hydrogen-bond acceptors (Lipinski definition) is 3. The molecular weight excluding hydrogens is 200 g/mol. The van der Waals surface area contributed by atoms with Crippen LogP contribution in [0, 0.1) is 0 Å². The maximum Gasteiger partial charge on any atom is 0.0768 e. The van der Waals surface area contributed by atoms with E-state index in [9.17, 15) is 5.11 Å². The summed E-state index contributed by atoms with van der Waals surface area (Å²) in [6, 6.07) is 0.683. The standard InChI is InChI=1S/C13H28N2O/c1-5-13(16,6-2)11-14(3)10-12-8-7-9-15(12)4/h12,16H,5-11H2,1-4H3. The lowest BCUT2D eigenvalue weighted by Gasteiger charge is -2.33. The summed E-state index contributed by atoms with van der Waals surface area (Å²) in [6.45, 7) is 7.24. The molecule has 1 aliphatic heterocycles. The Balaban J connectivity index is 2.37. The van der Waals surface area contributed by atoms with Gasteiger partial charge < -0.3 is 14.9 Å². The minimum Gasteiger partial charge on any atom is -0.389 e. The molecule has 1 aliphatic rings. The van der Waals surface area contributed by atoms with E-state index >= 15 is 0 Å². The van der Waals surface area contributed by atoms with Crippen molar-refractivity contribution in [2.24, 2.45) is 0 Å². The molecule has 1 saturated heterocycles. The molecule has 0 spiro atoms. The van der Waals surface area contributed by atoms with E-state index in [0.29, 0.717) is 6.04 Å². The van der Waals surface area contributed by atoms with Crippen LogP contribution < -0.4 is 0 Å². The largest absolute Gasteiger partial charge is 0.389 e. The number of rotatable bonds is 6. The molecule has 1 atom stereocenters. The molecule has 0 bridgehead atoms. The number of likely N-dealkylation sites (N-methyl/N-ethyl adjacent to an activating group) is 2. The molecule has 0 amide bonds. The van der Waals surface area contributed by atoms with Crippen LogP contribution in [0.5, 0.6) is 0 Å². The number of nitrogens with zero attached hydrogens (tertiary/aromatic N) is 2. The predicted molar refractivity (Wildman–Crippen MR) is 68.7 cm³/mol. The fourth-order valence-electron chi connectivity index (χ4n) is 2.61. The molecule has 3 nitrogen and oxygen atoms in total. The first-order chi connectivity index (χ1) is 7.50. The molecular formula is C13H28N2O. The van der Waals surface area contributed by atoms with Crippen LogP contribution >= 0.6 is 0 Å². The SMILES string of the molecule is CCC(O)(CC)CN(C)CC1CCCN1C. The number of hydrogen-bond donors (Lipinski definition) is 1. The van der Waals surface area contributed by atoms with Crippen molar-refractivity contribution < 1.29 is 5.11 Å². The highest BCUT2D eigenvalue weighted by Crippen LogP contribution is 2.19. The van der Waals surface area contributed by atoms with Gasteiger partial charge in [0, 0.05) is 19.1 Å². The summed E-state index contributed by atoms with van der Waals surface area (Å²) in [4.78, 5) is 4.73. The van der Waals surface area contributed by atoms with Crippen molar-refractivity contribution in [3.8, 4) is 0 Å². The zero-order valence-corrected chi connectivity index (χ0v) is 11.4. The maximum absolute atomic E-state index is 10.3. The Morgan fingerprint density at radius 3 is 2.44 bits per heavy atom. The first-order valence-electron chi connectivity index (χ1n) is 6.62. The second kappa shape index (κ2) is 5.99. The van der Waals surface area contributed by atoms with Crippen molar-refractivity contribution in [2.45, 2.75) is 51.2 Å². The van der Waals surface area contributed by atoms with Gasteiger partial charge in [0.15, 0.2) is 0 Å². The van der Waals surface area contributed by atoms with Crippen molar-refractivity contribution in [2.75, 3.05) is 33.7 Å². The molecule has 0 radical (unpaired) electrons. The topological polar surface area (TPSA) is 26.7 Å². The summed E-state index contributed by atoms with van der Waals surface area (Å²) in [6.07, 6.45) is 4.31. The van der Waals surface area contributed by atoms with Gasteiger partial charge in [0.25, 0.3) is 0 Å². The van der Waals surface area contributed by atoms with E-state index in [1.165, 1.54) is 19.4 Å². The van der Waals surface area contributed by atoms with Crippen LogP contribution in [-0.4, -0.2) is 60.3 Å². The average molecular weight is 228 g/mol. The van der Waals surface area contributed by atoms with E-state index in [2.05, 4.69) is 37.7 Å². The Hall–Kier alpha value is -0.120. The van der Waals surface area contributed by atoms with Crippen LogP contribution in [0.3, 0.4) is 0 Å². The van der Waals surface area contributed by atoms with Crippen LogP contribution in [-0.2, 0) is 0 Å². The zero-order chi connectivity index (χ0) is 12.2. The van der Waals surface area contributed by atoms with Gasteiger partial charge in [-0.2, -0.15) is 0 Å². The molecule has 1 fully saturated rings. The highest BCUT2D eigenvalue weighted by Gasteiger charge is 2.27. The van der Waals surface area contributed by atoms with Gasteiger partial charge in [0.2, 0.25) is 0 Å². The summed E-state index contributed by atoms with van der Waals surface area (Å²) in [5.41, 5.74) is -0.494. The molecule has 1 unspecified atom stereocenters. The van der Waals surface area contributed by atoms with Gasteiger partial charge in [-0.05, 0) is 46.3 Å². The third-order valence-electron chi connectivity index (χ3n) is 4.07. The molecule has 3 heteroatoms. The summed E-state index contributed by atoms with van der Waals surface area (Å²) in [5, 5.41) is 10.3. The van der Waals surface area contributed by atoms with Crippen molar-refractivity contribution >= 4 is 0 Å². The van der Waals surface area contributed by atoms with Gasteiger partial charge in [0.05, 0.1) is 5.60 Å². The summed E-state index contributed by atoms with van der Waals surface area (Å²) < 4.78 is 0. The third-order valence-corrected chi connectivity index (χ3v) is 4.07. The molecule has 0 saturated carbocycles. The van der Waals surface area contributed by atoms with Crippen molar-refractivity contribution in [1.82, 2.24) is 9.80 Å². The molecule has 1 heterocycles. The lowest BCUT2D eigenvalue weighted by molar-refractivity contribution is -0.000773. The second-order valence-corrected chi connectivity index (χ2v) is 5.40. The normalized spacial score (nSPS) is 23.2. The first kappa shape index (κ1) is 13.9. The van der Waals surface area contributed by atoms with E-state index in [-0.39, 0.29) is 0 Å². The van der Waals surface area contributed by atoms with E-state index < -0.39 is 5.60 Å². The molecule has 1 N–H and O–H groups in total. The Kier molecular flexibility index (Phi) is 5.22. The van der Waals surface area contributed by atoms with Gasteiger partial charge in [-0.3, -0.25) is 0 Å². The van der Waals surface area contributed by atoms with Gasteiger partial charge in [-0.25, -0.2) is 0 Å². The van der Waals surface area contributed by atoms with Gasteiger partial charge >= 0.3 is 0 Å². The summed E-state index contributed by atoms with van der Waals surface area (Å²) in [5.74, 6) is 0. The lowest BCUT2D eigenvalue weighted by atomic mass is 9.97. The average Bonchev–Trinajstić information content (AvgIpc) is 2.64. The molecule has 0 aromatic rings. The van der Waals surface area contributed by atoms with Crippen molar-refractivity contribution in [3.05, 3.63) is 0 Å². The van der Waals surface area contributed by atoms with Crippen LogP contribution in [0.4, 0.5) is 0 Å². The molecule has 0 aromatic heterocycles. The van der Waals surface area contributed by atoms with E-state index in [1.54, 1.807) is 0 Å². The third kappa shape index (κ3) is 3.72. The first-order valence-corrected chi connectivity index (χ1v) is 6.62. The molecule has 16 heavy (non-hydrogen) atoms. The predicted octanol–water partition coefficient (Wildman–Crippen LogP) is 1.56. The van der Waals surface area contributed by atoms with Crippen LogP contribution in [0.25, 0.3) is 0 Å². The number of aliphatic hydroxyl groups is 1. The molecule has 0 aliphatic carbocycles. The fourth-order valence-corrected chi connectivity index (χ4v) is 2.61. The highest BCUT2D eigenvalue weighted by atomic mass is 16.3. The van der Waals surface area contributed by atoms with Gasteiger partial charge in [-0.15, -0.1) is 0 Å². The molecule has 96 valence electrons. The number of likely N-dealkylation sites (tertiary alicyclic amines) is 1. The van der Waals surface area contributed by atoms with E-state index in [1.807, 2.05) is 0 Å². The minimum absolute atomic E-state index is 0.494.